The van der Waals surface area contributed by atoms with Crippen LogP contribution in [0, 0.1) is 17.8 Å². The molecule has 2 aliphatic rings. The van der Waals surface area contributed by atoms with Crippen LogP contribution in [0.15, 0.2) is 18.2 Å². The van der Waals surface area contributed by atoms with Gasteiger partial charge >= 0.3 is 0 Å². The van der Waals surface area contributed by atoms with Crippen LogP contribution in [0.25, 0.3) is 0 Å². The second-order valence-corrected chi connectivity index (χ2v) is 7.28. The molecule has 6 heteroatoms. The Morgan fingerprint density at radius 2 is 1.80 bits per heavy atom. The Morgan fingerprint density at radius 1 is 1.12 bits per heavy atom. The predicted molar refractivity (Wildman–Crippen MR) is 97.5 cm³/mol. The Labute approximate surface area is 148 Å². The fourth-order valence-electron chi connectivity index (χ4n) is 4.29. The first-order chi connectivity index (χ1) is 12.0. The average molecular weight is 345 g/mol. The Balaban J connectivity index is 1.75. The van der Waals surface area contributed by atoms with E-state index < -0.39 is 0 Å². The quantitative estimate of drug-likeness (QED) is 0.782. The second kappa shape index (κ2) is 7.44. The van der Waals surface area contributed by atoms with Crippen LogP contribution in [0.5, 0.6) is 5.75 Å². The number of nitrogens with one attached hydrogen (secondary N) is 2. The first kappa shape index (κ1) is 17.7. The third kappa shape index (κ3) is 3.95. The van der Waals surface area contributed by atoms with Crippen molar-refractivity contribution >= 4 is 23.2 Å². The summed E-state index contributed by atoms with van der Waals surface area (Å²) >= 11 is 0. The van der Waals surface area contributed by atoms with E-state index in [9.17, 15) is 9.59 Å². The minimum absolute atomic E-state index is 0.00338. The summed E-state index contributed by atoms with van der Waals surface area (Å²) in [5.74, 6) is 1.33. The first-order valence-corrected chi connectivity index (χ1v) is 9.00. The van der Waals surface area contributed by atoms with Gasteiger partial charge in [-0.1, -0.05) is 6.42 Å². The maximum Gasteiger partial charge on any atom is 0.227 e. The highest BCUT2D eigenvalue weighted by molar-refractivity contribution is 6.00. The van der Waals surface area contributed by atoms with Crippen molar-refractivity contribution in [2.45, 2.75) is 45.1 Å². The molecule has 2 atom stereocenters. The number of nitrogens with two attached hydrogens (primary N) is 1. The van der Waals surface area contributed by atoms with Crippen LogP contribution < -0.4 is 21.1 Å². The fraction of sp³-hybridized carbons (Fsp3) is 0.579. The van der Waals surface area contributed by atoms with Gasteiger partial charge in [0, 0.05) is 24.9 Å². The van der Waals surface area contributed by atoms with E-state index in [1.165, 1.54) is 13.3 Å². The Bertz CT molecular complexity index is 647. The molecule has 0 spiro atoms. The predicted octanol–water partition coefficient (Wildman–Crippen LogP) is 2.75. The lowest BCUT2D eigenvalue weighted by Crippen LogP contribution is -2.48. The van der Waals surface area contributed by atoms with Crippen molar-refractivity contribution in [2.75, 3.05) is 17.7 Å². The van der Waals surface area contributed by atoms with Gasteiger partial charge in [0.05, 0.1) is 18.5 Å². The number of ether oxygens (including phenoxy) is 1. The summed E-state index contributed by atoms with van der Waals surface area (Å²) in [6.07, 6.45) is 5.17. The van der Waals surface area contributed by atoms with Crippen LogP contribution >= 0.6 is 0 Å². The average Bonchev–Trinajstić information content (AvgIpc) is 2.55. The van der Waals surface area contributed by atoms with Gasteiger partial charge in [-0.2, -0.15) is 0 Å². The first-order valence-electron chi connectivity index (χ1n) is 9.00. The van der Waals surface area contributed by atoms with Gasteiger partial charge in [-0.25, -0.2) is 0 Å². The molecule has 25 heavy (non-hydrogen) atoms. The van der Waals surface area contributed by atoms with Crippen molar-refractivity contribution in [1.82, 2.24) is 0 Å². The smallest absolute Gasteiger partial charge is 0.227 e. The van der Waals surface area contributed by atoms with E-state index in [1.54, 1.807) is 25.3 Å². The molecule has 2 unspecified atom stereocenters. The molecule has 1 aromatic carbocycles. The molecule has 0 aliphatic heterocycles. The number of carbonyl (C=O) groups is 2. The zero-order chi connectivity index (χ0) is 18.0. The highest BCUT2D eigenvalue weighted by atomic mass is 16.5. The van der Waals surface area contributed by atoms with Gasteiger partial charge in [-0.05, 0) is 49.7 Å². The molecule has 0 heterocycles. The van der Waals surface area contributed by atoms with Crippen molar-refractivity contribution in [1.29, 1.82) is 0 Å². The van der Waals surface area contributed by atoms with Gasteiger partial charge in [0.1, 0.15) is 5.75 Å². The normalized spacial score (nSPS) is 28.1. The Hall–Kier alpha value is -2.08. The van der Waals surface area contributed by atoms with E-state index in [-0.39, 0.29) is 23.8 Å². The van der Waals surface area contributed by atoms with Crippen LogP contribution in [0.3, 0.4) is 0 Å². The van der Waals surface area contributed by atoms with E-state index in [4.69, 9.17) is 10.5 Å². The Morgan fingerprint density at radius 3 is 2.40 bits per heavy atom. The molecule has 0 radical (unpaired) electrons. The van der Waals surface area contributed by atoms with Crippen LogP contribution in [-0.2, 0) is 9.59 Å². The van der Waals surface area contributed by atoms with Crippen molar-refractivity contribution < 1.29 is 14.3 Å². The van der Waals surface area contributed by atoms with E-state index in [2.05, 4.69) is 10.6 Å². The van der Waals surface area contributed by atoms with Crippen LogP contribution in [-0.4, -0.2) is 25.0 Å². The van der Waals surface area contributed by atoms with Gasteiger partial charge in [0.15, 0.2) is 0 Å². The summed E-state index contributed by atoms with van der Waals surface area (Å²) in [4.78, 5) is 24.2. The van der Waals surface area contributed by atoms with Gasteiger partial charge in [-0.15, -0.1) is 0 Å². The molecule has 0 saturated heterocycles. The van der Waals surface area contributed by atoms with E-state index >= 15 is 0 Å². The molecule has 6 nitrogen and oxygen atoms in total. The van der Waals surface area contributed by atoms with E-state index in [0.29, 0.717) is 29.0 Å². The number of amides is 2. The lowest BCUT2D eigenvalue weighted by Gasteiger charge is -2.43. The molecule has 3 rings (SSSR count). The molecule has 0 aromatic heterocycles. The summed E-state index contributed by atoms with van der Waals surface area (Å²) in [5, 5.41) is 5.74. The maximum atomic E-state index is 12.8. The highest BCUT2D eigenvalue weighted by Gasteiger charge is 2.40. The fourth-order valence-corrected chi connectivity index (χ4v) is 4.29. The summed E-state index contributed by atoms with van der Waals surface area (Å²) in [6.45, 7) is 1.44. The van der Waals surface area contributed by atoms with E-state index in [0.717, 1.165) is 25.7 Å². The molecule has 1 aromatic rings. The number of rotatable bonds is 4. The lowest BCUT2D eigenvalue weighted by molar-refractivity contribution is -0.122. The highest BCUT2D eigenvalue weighted by Crippen LogP contribution is 2.42. The van der Waals surface area contributed by atoms with Crippen LogP contribution in [0.1, 0.15) is 39.0 Å². The number of methoxy groups -OCH3 is 1. The van der Waals surface area contributed by atoms with Gasteiger partial charge in [0.25, 0.3) is 0 Å². The lowest BCUT2D eigenvalue weighted by atomic mass is 9.65. The summed E-state index contributed by atoms with van der Waals surface area (Å²) in [7, 11) is 1.57. The van der Waals surface area contributed by atoms with Gasteiger partial charge < -0.3 is 21.1 Å². The standard InChI is InChI=1S/C19H27N3O3/c1-11(23)21-16-7-6-15(25-2)10-17(16)22-19(24)14-8-12-4-3-5-13(9-14)18(12)20/h6-7,10,12-14,18H,3-5,8-9,20H2,1-2H3,(H,21,23)(H,22,24). The molecule has 4 N–H and O–H groups in total. The monoisotopic (exact) mass is 345 g/mol. The zero-order valence-electron chi connectivity index (χ0n) is 14.9. The molecule has 2 bridgehead atoms. The third-order valence-electron chi connectivity index (χ3n) is 5.58. The van der Waals surface area contributed by atoms with Crippen LogP contribution in [0.2, 0.25) is 0 Å². The maximum absolute atomic E-state index is 12.8. The number of fused-ring (bicyclic) bond motifs is 2. The van der Waals surface area contributed by atoms with E-state index in [1.807, 2.05) is 0 Å². The minimum atomic E-state index is -0.182. The molecule has 136 valence electrons. The molecule has 2 fully saturated rings. The number of hydrogen-bond acceptors (Lipinski definition) is 4. The number of anilines is 2. The Kier molecular flexibility index (Phi) is 5.27. The zero-order valence-corrected chi connectivity index (χ0v) is 14.9. The van der Waals surface area contributed by atoms with Crippen molar-refractivity contribution in [3.63, 3.8) is 0 Å². The SMILES string of the molecule is COc1ccc(NC(C)=O)c(NC(=O)C2CC3CCCC(C2)C3N)c1. The van der Waals surface area contributed by atoms with Gasteiger partial charge in [-0.3, -0.25) is 9.59 Å². The molecular weight excluding hydrogens is 318 g/mol. The van der Waals surface area contributed by atoms with Crippen molar-refractivity contribution in [3.8, 4) is 5.75 Å². The summed E-state index contributed by atoms with van der Waals surface area (Å²) in [5.41, 5.74) is 7.47. The molecule has 2 aliphatic carbocycles. The number of benzene rings is 1. The van der Waals surface area contributed by atoms with Crippen molar-refractivity contribution in [2.24, 2.45) is 23.5 Å². The molecular formula is C19H27N3O3. The topological polar surface area (TPSA) is 93.5 Å². The molecule has 2 amide bonds. The summed E-state index contributed by atoms with van der Waals surface area (Å²) in [6, 6.07) is 5.47. The molecule has 2 saturated carbocycles. The largest absolute Gasteiger partial charge is 0.497 e. The minimum Gasteiger partial charge on any atom is -0.497 e. The van der Waals surface area contributed by atoms with Gasteiger partial charge in [0.2, 0.25) is 11.8 Å². The number of carbonyl (C=O) groups excluding carboxylic acids is 2. The van der Waals surface area contributed by atoms with Crippen LogP contribution in [0.4, 0.5) is 11.4 Å². The summed E-state index contributed by atoms with van der Waals surface area (Å²) < 4.78 is 5.24. The van der Waals surface area contributed by atoms with Crippen molar-refractivity contribution in [3.05, 3.63) is 18.2 Å². The number of hydrogen-bond donors (Lipinski definition) is 3. The third-order valence-corrected chi connectivity index (χ3v) is 5.58. The second-order valence-electron chi connectivity index (χ2n) is 7.28.